The summed E-state index contributed by atoms with van der Waals surface area (Å²) in [5, 5.41) is 0. The molecule has 0 N–H and O–H groups in total. The number of esters is 13. The van der Waals surface area contributed by atoms with Crippen LogP contribution in [0.25, 0.3) is 0 Å². The fourth-order valence-electron chi connectivity index (χ4n) is 7.75. The third kappa shape index (κ3) is 37.9. The predicted molar refractivity (Wildman–Crippen MR) is 351 cm³/mol. The molecule has 0 heterocycles. The van der Waals surface area contributed by atoms with Gasteiger partial charge in [-0.2, -0.15) is 0 Å². The zero-order valence-corrected chi connectivity index (χ0v) is 56.6. The van der Waals surface area contributed by atoms with Crippen LogP contribution in [0, 0.1) is 33.0 Å². The second kappa shape index (κ2) is 48.3. The van der Waals surface area contributed by atoms with Crippen molar-refractivity contribution < 1.29 is 143 Å². The summed E-state index contributed by atoms with van der Waals surface area (Å²) >= 11 is 0. The molecule has 30 nitrogen and oxygen atoms in total. The fourth-order valence-corrected chi connectivity index (χ4v) is 7.75. The van der Waals surface area contributed by atoms with E-state index < -0.39 is 247 Å². The van der Waals surface area contributed by atoms with Gasteiger partial charge in [-0.15, -0.1) is 6.58 Å². The molecule has 0 amide bonds. The smallest absolute Gasteiger partial charge is 0.330 e. The maximum atomic E-state index is 14.4. The first-order valence-electron chi connectivity index (χ1n) is 30.3. The lowest BCUT2D eigenvalue weighted by molar-refractivity contribution is -0.172. The molecule has 30 heteroatoms. The van der Waals surface area contributed by atoms with Crippen LogP contribution in [-0.2, 0) is 143 Å². The molecule has 0 radical (unpaired) electrons. The van der Waals surface area contributed by atoms with E-state index in [9.17, 15) is 67.1 Å². The van der Waals surface area contributed by atoms with E-state index in [0.717, 1.165) is 66.8 Å². The van der Waals surface area contributed by atoms with Crippen LogP contribution in [0.4, 0.5) is 0 Å². The van der Waals surface area contributed by atoms with Crippen molar-refractivity contribution in [3.63, 3.8) is 0 Å². The zero-order chi connectivity index (χ0) is 75.8. The molecule has 0 aliphatic heterocycles. The highest BCUT2D eigenvalue weighted by atomic mass is 16.6. The van der Waals surface area contributed by atoms with Gasteiger partial charge in [-0.1, -0.05) is 85.4 Å². The Hall–Kier alpha value is -10.5. The minimum atomic E-state index is -1.95. The molecule has 0 bridgehead atoms. The Morgan fingerprint density at radius 1 is 0.290 bits per heavy atom. The molecule has 100 heavy (non-hydrogen) atoms. The number of hydrogen-bond acceptors (Lipinski definition) is 30. The van der Waals surface area contributed by atoms with E-state index in [0.29, 0.717) is 0 Å². The van der Waals surface area contributed by atoms with Crippen LogP contribution >= 0.6 is 0 Å². The van der Waals surface area contributed by atoms with Crippen LogP contribution in [0.5, 0.6) is 0 Å². The van der Waals surface area contributed by atoms with Crippen molar-refractivity contribution in [2.75, 3.05) is 119 Å². The molecule has 0 aromatic heterocycles. The van der Waals surface area contributed by atoms with E-state index in [4.69, 9.17) is 75.8 Å². The molecular weight excluding hydrogens is 1320 g/mol. The average Bonchev–Trinajstić information content (AvgIpc) is 0.851. The summed E-state index contributed by atoms with van der Waals surface area (Å²) in [5.74, 6) is -15.1. The first-order valence-corrected chi connectivity index (χ1v) is 30.3. The van der Waals surface area contributed by atoms with Gasteiger partial charge in [-0.3, -0.25) is 19.2 Å². The second-order valence-electron chi connectivity index (χ2n) is 22.8. The third-order valence-electron chi connectivity index (χ3n) is 13.7. The van der Waals surface area contributed by atoms with Crippen LogP contribution in [0.1, 0.15) is 46.0 Å². The Kier molecular flexibility index (Phi) is 43.2. The zero-order valence-electron chi connectivity index (χ0n) is 56.6. The Balaban J connectivity index is 8.09. The molecule has 0 rings (SSSR count). The van der Waals surface area contributed by atoms with Gasteiger partial charge >= 0.3 is 77.6 Å². The molecule has 0 saturated carbocycles. The number of rotatable bonds is 58. The second-order valence-corrected chi connectivity index (χ2v) is 22.8. The van der Waals surface area contributed by atoms with E-state index >= 15 is 0 Å². The van der Waals surface area contributed by atoms with Crippen molar-refractivity contribution in [3.8, 4) is 0 Å². The molecule has 0 fully saturated rings. The highest BCUT2D eigenvalue weighted by Gasteiger charge is 2.43. The minimum Gasteiger partial charge on any atom is -0.465 e. The number of carbonyl (C=O) groups is 14. The van der Waals surface area contributed by atoms with Crippen LogP contribution in [0.15, 0.2) is 152 Å². The fraction of sp³-hybridized carbons (Fsp3) is 0.457. The lowest BCUT2D eigenvalue weighted by Gasteiger charge is -2.36. The SMILES string of the molecule is C=CC(=O)CCC(COCC(COC(=O)C=C)(COC(=O)C=C)COC(=O)C=C)(COC(=O)C=C)COC(=O)CC(CC(=O)OCC(C)(COC(=O)C=C)COC(C)C=C)CC(=O)OCC(COCC(COC(=O)C=C)(COC(=O)C=C)COC(=O)C=C)(COC(=O)C=C)COC(=O)C=C. The topological polar surface area (TPSA) is 387 Å². The Morgan fingerprint density at radius 2 is 0.510 bits per heavy atom. The molecule has 0 aliphatic carbocycles. The van der Waals surface area contributed by atoms with Crippen molar-refractivity contribution in [2.45, 2.75) is 52.1 Å². The summed E-state index contributed by atoms with van der Waals surface area (Å²) in [6.45, 7) is 32.4. The van der Waals surface area contributed by atoms with E-state index in [2.05, 4.69) is 78.9 Å². The highest BCUT2D eigenvalue weighted by Crippen LogP contribution is 2.32. The summed E-state index contributed by atoms with van der Waals surface area (Å²) in [4.78, 5) is 180. The number of ether oxygens (including phenoxy) is 16. The van der Waals surface area contributed by atoms with E-state index in [1.54, 1.807) is 13.8 Å². The van der Waals surface area contributed by atoms with Crippen molar-refractivity contribution in [1.29, 1.82) is 0 Å². The standard InChI is InChI=1S/C70H90O30/c1-15-50(13)87-32-66(14,33-88-53(72)17-3)34-89-63(82)29-51(30-64(83)99-40-67(28-27-52(71)16-2,39-90-54(73)18-4)35-85-36-68(41-91-55(74)19-5,42-92-56(75)20-6)43-93-57(76)21-7)31-65(84)100-49-70(47-97-61(80)25-11,48-98-62(81)26-12)38-86-37-69(44-94-58(77)22-8,45-95-59(78)23-9)46-96-60(79)24-10/h15-26,50-51H,1-12,27-49H2,13-14H3. The molecule has 0 spiro atoms. The van der Waals surface area contributed by atoms with E-state index in [-0.39, 0.29) is 26.1 Å². The van der Waals surface area contributed by atoms with Gasteiger partial charge in [0.15, 0.2) is 5.78 Å². The van der Waals surface area contributed by atoms with Crippen molar-refractivity contribution in [1.82, 2.24) is 0 Å². The maximum absolute atomic E-state index is 14.4. The number of carbonyl (C=O) groups excluding carboxylic acids is 14. The summed E-state index contributed by atoms with van der Waals surface area (Å²) in [6.07, 6.45) is 6.87. The first kappa shape index (κ1) is 89.5. The maximum Gasteiger partial charge on any atom is 0.330 e. The Bertz CT molecular complexity index is 2640. The monoisotopic (exact) mass is 1410 g/mol. The third-order valence-corrected chi connectivity index (χ3v) is 13.7. The predicted octanol–water partition coefficient (Wildman–Crippen LogP) is 4.81. The van der Waals surface area contributed by atoms with Crippen LogP contribution in [-0.4, -0.2) is 208 Å². The van der Waals surface area contributed by atoms with Gasteiger partial charge < -0.3 is 75.8 Å². The van der Waals surface area contributed by atoms with Gasteiger partial charge in [0, 0.05) is 86.4 Å². The molecule has 0 aromatic rings. The van der Waals surface area contributed by atoms with Gasteiger partial charge in [-0.05, 0) is 25.3 Å². The Morgan fingerprint density at radius 3 is 0.770 bits per heavy atom. The summed E-state index contributed by atoms with van der Waals surface area (Å²) in [7, 11) is 0. The molecular formula is C70H90O30. The summed E-state index contributed by atoms with van der Waals surface area (Å²) < 4.78 is 88.6. The summed E-state index contributed by atoms with van der Waals surface area (Å²) in [6, 6.07) is 0. The number of hydrogen-bond donors (Lipinski definition) is 0. The minimum absolute atomic E-state index is 0.174. The quantitative estimate of drug-likeness (QED) is 0.0341. The first-order chi connectivity index (χ1) is 47.3. The largest absolute Gasteiger partial charge is 0.465 e. The average molecular weight is 1410 g/mol. The van der Waals surface area contributed by atoms with Gasteiger partial charge in [0.05, 0.1) is 66.2 Å². The lowest BCUT2D eigenvalue weighted by Crippen LogP contribution is -2.47. The molecule has 4 atom stereocenters. The number of ketones is 1. The van der Waals surface area contributed by atoms with Crippen LogP contribution in [0.3, 0.4) is 0 Å². The van der Waals surface area contributed by atoms with Gasteiger partial charge in [0.1, 0.15) is 85.9 Å². The molecule has 4 unspecified atom stereocenters. The molecule has 0 aromatic carbocycles. The van der Waals surface area contributed by atoms with Crippen molar-refractivity contribution >= 4 is 83.4 Å². The van der Waals surface area contributed by atoms with E-state index in [1.807, 2.05) is 0 Å². The molecule has 0 aliphatic rings. The lowest BCUT2D eigenvalue weighted by atomic mass is 9.84. The molecule has 0 saturated heterocycles. The van der Waals surface area contributed by atoms with Gasteiger partial charge in [-0.25, -0.2) is 47.9 Å². The normalized spacial score (nSPS) is 12.7. The van der Waals surface area contributed by atoms with Crippen LogP contribution < -0.4 is 0 Å². The van der Waals surface area contributed by atoms with Gasteiger partial charge in [0.2, 0.25) is 0 Å². The molecule has 550 valence electrons. The van der Waals surface area contributed by atoms with Crippen LogP contribution in [0.2, 0.25) is 0 Å². The van der Waals surface area contributed by atoms with Crippen molar-refractivity contribution in [2.24, 2.45) is 33.0 Å². The number of allylic oxidation sites excluding steroid dienone is 1. The Labute approximate surface area is 580 Å². The highest BCUT2D eigenvalue weighted by molar-refractivity contribution is 5.89. The van der Waals surface area contributed by atoms with Crippen molar-refractivity contribution in [3.05, 3.63) is 152 Å². The summed E-state index contributed by atoms with van der Waals surface area (Å²) in [5.41, 5.74) is -8.41. The van der Waals surface area contributed by atoms with Gasteiger partial charge in [0.25, 0.3) is 0 Å². The van der Waals surface area contributed by atoms with E-state index in [1.165, 1.54) is 6.08 Å².